The van der Waals surface area contributed by atoms with Gasteiger partial charge in [-0.15, -0.1) is 0 Å². The number of benzene rings is 1. The number of hydrogen-bond acceptors (Lipinski definition) is 1. The van der Waals surface area contributed by atoms with Crippen molar-refractivity contribution in [2.75, 3.05) is 0 Å². The monoisotopic (exact) mass is 202 g/mol. The molecular weight excluding hydrogens is 193 g/mol. The maximum absolute atomic E-state index is 12.1. The van der Waals surface area contributed by atoms with Crippen LogP contribution in [0.3, 0.4) is 0 Å². The molecule has 0 spiro atoms. The Morgan fingerprint density at radius 1 is 1.21 bits per heavy atom. The van der Waals surface area contributed by atoms with E-state index in [1.54, 1.807) is 0 Å². The Morgan fingerprint density at radius 2 is 1.71 bits per heavy atom. The Hall–Kier alpha value is -1.52. The molecule has 0 amide bonds. The first-order chi connectivity index (χ1) is 6.39. The molecule has 5 heteroatoms. The van der Waals surface area contributed by atoms with E-state index in [-0.39, 0.29) is 12.3 Å². The Kier molecular flexibility index (Phi) is 2.78. The number of nitrogens with two attached hydrogens (primary N) is 1. The van der Waals surface area contributed by atoms with Crippen molar-refractivity contribution in [1.29, 1.82) is 5.41 Å². The third-order valence-electron chi connectivity index (χ3n) is 1.68. The highest BCUT2D eigenvalue weighted by atomic mass is 19.4. The summed E-state index contributed by atoms with van der Waals surface area (Å²) in [5.74, 6) is -0.0650. The minimum absolute atomic E-state index is 0.0650. The number of hydrogen-bond donors (Lipinski definition) is 2. The molecule has 0 atom stereocenters. The highest BCUT2D eigenvalue weighted by Gasteiger charge is 2.29. The largest absolute Gasteiger partial charge is 0.416 e. The molecule has 0 aliphatic carbocycles. The molecule has 0 fully saturated rings. The summed E-state index contributed by atoms with van der Waals surface area (Å²) in [7, 11) is 0. The molecule has 0 heterocycles. The predicted molar refractivity (Wildman–Crippen MR) is 47.1 cm³/mol. The molecule has 1 aromatic carbocycles. The molecule has 0 saturated carbocycles. The fourth-order valence-electron chi connectivity index (χ4n) is 1.03. The molecule has 0 bridgehead atoms. The van der Waals surface area contributed by atoms with Crippen molar-refractivity contribution in [3.05, 3.63) is 35.4 Å². The molecule has 1 rings (SSSR count). The van der Waals surface area contributed by atoms with Crippen molar-refractivity contribution in [2.45, 2.75) is 12.6 Å². The number of nitrogens with one attached hydrogen (secondary N) is 1. The third-order valence-corrected chi connectivity index (χ3v) is 1.68. The van der Waals surface area contributed by atoms with Gasteiger partial charge >= 0.3 is 6.18 Å². The minimum Gasteiger partial charge on any atom is -0.387 e. The standard InChI is InChI=1S/C9H9F3N2/c10-9(11,12)7-3-1-6(2-4-7)5-8(13)14/h1-4H,5H2,(H3,13,14). The van der Waals surface area contributed by atoms with Gasteiger partial charge in [0.15, 0.2) is 0 Å². The van der Waals surface area contributed by atoms with E-state index in [1.165, 1.54) is 12.1 Å². The zero-order valence-corrected chi connectivity index (χ0v) is 7.23. The summed E-state index contributed by atoms with van der Waals surface area (Å²) in [5, 5.41) is 6.96. The van der Waals surface area contributed by atoms with Gasteiger partial charge in [-0.1, -0.05) is 12.1 Å². The molecule has 2 nitrogen and oxygen atoms in total. The molecule has 3 N–H and O–H groups in total. The van der Waals surface area contributed by atoms with E-state index in [0.29, 0.717) is 5.56 Å². The normalized spacial score (nSPS) is 11.4. The quantitative estimate of drug-likeness (QED) is 0.560. The van der Waals surface area contributed by atoms with Crippen LogP contribution >= 0.6 is 0 Å². The van der Waals surface area contributed by atoms with Crippen molar-refractivity contribution in [1.82, 2.24) is 0 Å². The topological polar surface area (TPSA) is 49.9 Å². The van der Waals surface area contributed by atoms with Crippen LogP contribution in [0.25, 0.3) is 0 Å². The number of alkyl halides is 3. The van der Waals surface area contributed by atoms with Gasteiger partial charge in [0.25, 0.3) is 0 Å². The Bertz CT molecular complexity index is 327. The average Bonchev–Trinajstić information content (AvgIpc) is 2.02. The predicted octanol–water partition coefficient (Wildman–Crippen LogP) is 2.18. The van der Waals surface area contributed by atoms with Crippen LogP contribution < -0.4 is 5.73 Å². The van der Waals surface area contributed by atoms with E-state index in [2.05, 4.69) is 0 Å². The zero-order valence-electron chi connectivity index (χ0n) is 7.23. The maximum atomic E-state index is 12.1. The molecule has 0 aromatic heterocycles. The van der Waals surface area contributed by atoms with Gasteiger partial charge in [0.2, 0.25) is 0 Å². The molecule has 0 aliphatic heterocycles. The number of rotatable bonds is 2. The zero-order chi connectivity index (χ0) is 10.8. The van der Waals surface area contributed by atoms with Crippen LogP contribution in [0.15, 0.2) is 24.3 Å². The Morgan fingerprint density at radius 3 is 2.07 bits per heavy atom. The van der Waals surface area contributed by atoms with E-state index < -0.39 is 11.7 Å². The van der Waals surface area contributed by atoms with Crippen molar-refractivity contribution in [3.8, 4) is 0 Å². The first kappa shape index (κ1) is 10.6. The van der Waals surface area contributed by atoms with E-state index in [9.17, 15) is 13.2 Å². The summed E-state index contributed by atoms with van der Waals surface area (Å²) in [6, 6.07) is 4.62. The fraction of sp³-hybridized carbons (Fsp3) is 0.222. The van der Waals surface area contributed by atoms with Crippen LogP contribution in [0.4, 0.5) is 13.2 Å². The second-order valence-corrected chi connectivity index (χ2v) is 2.90. The molecular formula is C9H9F3N2. The van der Waals surface area contributed by atoms with Crippen LogP contribution in [-0.4, -0.2) is 5.84 Å². The van der Waals surface area contributed by atoms with Gasteiger partial charge in [0.05, 0.1) is 11.4 Å². The summed E-state index contributed by atoms with van der Waals surface area (Å²) in [4.78, 5) is 0. The molecule has 1 aromatic rings. The smallest absolute Gasteiger partial charge is 0.387 e. The lowest BCUT2D eigenvalue weighted by atomic mass is 10.1. The minimum atomic E-state index is -4.31. The molecule has 0 unspecified atom stereocenters. The summed E-state index contributed by atoms with van der Waals surface area (Å²) in [6.45, 7) is 0. The van der Waals surface area contributed by atoms with Gasteiger partial charge < -0.3 is 5.73 Å². The van der Waals surface area contributed by atoms with Crippen molar-refractivity contribution >= 4 is 5.84 Å². The Labute approximate surface area is 79.0 Å². The van der Waals surface area contributed by atoms with Gasteiger partial charge in [-0.05, 0) is 17.7 Å². The summed E-state index contributed by atoms with van der Waals surface area (Å²) < 4.78 is 36.3. The van der Waals surface area contributed by atoms with Crippen molar-refractivity contribution < 1.29 is 13.2 Å². The first-order valence-corrected chi connectivity index (χ1v) is 3.88. The van der Waals surface area contributed by atoms with E-state index in [0.717, 1.165) is 12.1 Å². The van der Waals surface area contributed by atoms with Gasteiger partial charge in [-0.2, -0.15) is 13.2 Å². The summed E-state index contributed by atoms with van der Waals surface area (Å²) >= 11 is 0. The molecule has 0 saturated heterocycles. The molecule has 0 aliphatic rings. The van der Waals surface area contributed by atoms with E-state index >= 15 is 0 Å². The summed E-state index contributed by atoms with van der Waals surface area (Å²) in [5.41, 5.74) is 5.02. The van der Waals surface area contributed by atoms with E-state index in [1.807, 2.05) is 0 Å². The van der Waals surface area contributed by atoms with Gasteiger partial charge in [0.1, 0.15) is 0 Å². The average molecular weight is 202 g/mol. The Balaban J connectivity index is 2.84. The van der Waals surface area contributed by atoms with Gasteiger partial charge in [-0.3, -0.25) is 5.41 Å². The maximum Gasteiger partial charge on any atom is 0.416 e. The third kappa shape index (κ3) is 2.76. The lowest BCUT2D eigenvalue weighted by molar-refractivity contribution is -0.137. The number of halogens is 3. The van der Waals surface area contributed by atoms with Crippen molar-refractivity contribution in [2.24, 2.45) is 5.73 Å². The van der Waals surface area contributed by atoms with Crippen LogP contribution in [0.5, 0.6) is 0 Å². The first-order valence-electron chi connectivity index (χ1n) is 3.88. The lowest BCUT2D eigenvalue weighted by Gasteiger charge is -2.06. The van der Waals surface area contributed by atoms with Crippen LogP contribution in [0, 0.1) is 5.41 Å². The van der Waals surface area contributed by atoms with Gasteiger partial charge in [0, 0.05) is 6.42 Å². The fourth-order valence-corrected chi connectivity index (χ4v) is 1.03. The second-order valence-electron chi connectivity index (χ2n) is 2.90. The van der Waals surface area contributed by atoms with Crippen LogP contribution in [0.2, 0.25) is 0 Å². The van der Waals surface area contributed by atoms with Gasteiger partial charge in [-0.25, -0.2) is 0 Å². The van der Waals surface area contributed by atoms with Crippen LogP contribution in [-0.2, 0) is 12.6 Å². The van der Waals surface area contributed by atoms with Crippen molar-refractivity contribution in [3.63, 3.8) is 0 Å². The number of amidine groups is 1. The second kappa shape index (κ2) is 3.69. The van der Waals surface area contributed by atoms with E-state index in [4.69, 9.17) is 11.1 Å². The lowest BCUT2D eigenvalue weighted by Crippen LogP contribution is -2.13. The highest BCUT2D eigenvalue weighted by molar-refractivity contribution is 5.79. The molecule has 76 valence electrons. The van der Waals surface area contributed by atoms with Crippen LogP contribution in [0.1, 0.15) is 11.1 Å². The SMILES string of the molecule is N=C(N)Cc1ccc(C(F)(F)F)cc1. The highest BCUT2D eigenvalue weighted by Crippen LogP contribution is 2.29. The summed E-state index contributed by atoms with van der Waals surface area (Å²) in [6.07, 6.45) is -4.13. The molecule has 0 radical (unpaired) electrons. The molecule has 14 heavy (non-hydrogen) atoms.